The van der Waals surface area contributed by atoms with Gasteiger partial charge in [-0.25, -0.2) is 0 Å². The fourth-order valence-electron chi connectivity index (χ4n) is 10.8. The van der Waals surface area contributed by atoms with Crippen molar-refractivity contribution in [2.75, 3.05) is 9.80 Å². The molecular formula is C56H43N3. The Hall–Kier alpha value is -7.10. The highest BCUT2D eigenvalue weighted by Gasteiger charge is 2.47. The summed E-state index contributed by atoms with van der Waals surface area (Å²) in [7, 11) is 0. The number of hydrogen-bond donors (Lipinski definition) is 0. The number of anilines is 6. The molecule has 0 fully saturated rings. The summed E-state index contributed by atoms with van der Waals surface area (Å²) < 4.78 is 2.70. The van der Waals surface area contributed by atoms with Crippen molar-refractivity contribution in [1.29, 1.82) is 0 Å². The second-order valence-electron chi connectivity index (χ2n) is 17.4. The lowest BCUT2D eigenvalue weighted by molar-refractivity contribution is 0.631. The third-order valence-corrected chi connectivity index (χ3v) is 13.4. The highest BCUT2D eigenvalue weighted by molar-refractivity contribution is 6.19. The molecule has 2 aromatic heterocycles. The van der Waals surface area contributed by atoms with Gasteiger partial charge in [-0.3, -0.25) is 0 Å². The molecule has 59 heavy (non-hydrogen) atoms. The molecule has 10 aromatic rings. The lowest BCUT2D eigenvalue weighted by Crippen LogP contribution is -2.18. The van der Waals surface area contributed by atoms with Crippen molar-refractivity contribution in [3.05, 3.63) is 210 Å². The molecule has 2 aliphatic rings. The lowest BCUT2D eigenvalue weighted by Gasteiger charge is -2.29. The van der Waals surface area contributed by atoms with Crippen molar-refractivity contribution in [3.63, 3.8) is 0 Å². The van der Waals surface area contributed by atoms with Gasteiger partial charge in [0.2, 0.25) is 0 Å². The van der Waals surface area contributed by atoms with E-state index in [4.69, 9.17) is 0 Å². The molecule has 282 valence electrons. The van der Waals surface area contributed by atoms with Gasteiger partial charge in [0.25, 0.3) is 0 Å². The number of hydrogen-bond acceptors (Lipinski definition) is 2. The highest BCUT2D eigenvalue weighted by Crippen LogP contribution is 2.62. The van der Waals surface area contributed by atoms with Crippen molar-refractivity contribution in [2.24, 2.45) is 0 Å². The summed E-state index contributed by atoms with van der Waals surface area (Å²) >= 11 is 0. The Morgan fingerprint density at radius 1 is 0.424 bits per heavy atom. The zero-order valence-corrected chi connectivity index (χ0v) is 33.7. The fourth-order valence-corrected chi connectivity index (χ4v) is 10.8. The molecular weight excluding hydrogens is 715 g/mol. The predicted molar refractivity (Wildman–Crippen MR) is 248 cm³/mol. The third-order valence-electron chi connectivity index (χ3n) is 13.4. The van der Waals surface area contributed by atoms with Crippen LogP contribution in [-0.4, -0.2) is 4.40 Å². The van der Waals surface area contributed by atoms with Crippen LogP contribution in [0, 0.1) is 0 Å². The average molecular weight is 758 g/mol. The maximum absolute atomic E-state index is 2.70. The first-order valence-electron chi connectivity index (χ1n) is 20.8. The molecule has 3 heteroatoms. The molecule has 3 nitrogen and oxygen atoms in total. The minimum Gasteiger partial charge on any atom is -0.310 e. The maximum Gasteiger partial charge on any atom is 0.0636 e. The van der Waals surface area contributed by atoms with Crippen LogP contribution < -0.4 is 9.80 Å². The van der Waals surface area contributed by atoms with Gasteiger partial charge in [0.1, 0.15) is 0 Å². The summed E-state index contributed by atoms with van der Waals surface area (Å²) in [5.74, 6) is 0. The largest absolute Gasteiger partial charge is 0.310 e. The Labute approximate surface area is 345 Å². The molecule has 0 amide bonds. The Kier molecular flexibility index (Phi) is 7.03. The topological polar surface area (TPSA) is 10.9 Å². The van der Waals surface area contributed by atoms with Gasteiger partial charge in [-0.05, 0) is 112 Å². The molecule has 0 spiro atoms. The lowest BCUT2D eigenvalue weighted by atomic mass is 9.81. The molecule has 0 atom stereocenters. The van der Waals surface area contributed by atoms with Gasteiger partial charge in [0.15, 0.2) is 0 Å². The summed E-state index contributed by atoms with van der Waals surface area (Å²) in [5, 5.41) is 5.15. The summed E-state index contributed by atoms with van der Waals surface area (Å²) in [6.45, 7) is 9.74. The monoisotopic (exact) mass is 757 g/mol. The Bertz CT molecular complexity index is 3170. The van der Waals surface area contributed by atoms with E-state index in [1.165, 1.54) is 77.5 Å². The van der Waals surface area contributed by atoms with Crippen LogP contribution in [0.25, 0.3) is 49.4 Å². The van der Waals surface area contributed by atoms with Crippen LogP contribution in [0.3, 0.4) is 0 Å². The molecule has 8 aromatic carbocycles. The number of fused-ring (bicyclic) bond motifs is 11. The van der Waals surface area contributed by atoms with Gasteiger partial charge in [0, 0.05) is 66.9 Å². The van der Waals surface area contributed by atoms with Crippen molar-refractivity contribution in [2.45, 2.75) is 38.5 Å². The standard InChI is InChI=1S/C56H43N3/c1-55(2)46-28-18-17-27-43(46)53-51(55)50-48(58(40-23-13-7-14-24-40)41-25-15-8-16-26-41)32-31-44-49-45-34-37-33-42(57(38-19-9-5-10-20-38)39-21-11-6-12-22-39)30-29-36(37)35-47(45)56(3,4)54(49)59(53)52(44)50/h5-35H,1-4H3. The quantitative estimate of drug-likeness (QED) is 0.167. The van der Waals surface area contributed by atoms with Gasteiger partial charge < -0.3 is 14.2 Å². The van der Waals surface area contributed by atoms with E-state index in [0.717, 1.165) is 28.4 Å². The number of aromatic nitrogens is 1. The van der Waals surface area contributed by atoms with Crippen molar-refractivity contribution < 1.29 is 0 Å². The summed E-state index contributed by atoms with van der Waals surface area (Å²) in [6.07, 6.45) is 0. The minimum absolute atomic E-state index is 0.204. The first-order valence-corrected chi connectivity index (χ1v) is 20.8. The number of benzene rings is 8. The van der Waals surface area contributed by atoms with Crippen molar-refractivity contribution in [3.8, 4) is 22.4 Å². The molecule has 2 heterocycles. The van der Waals surface area contributed by atoms with Gasteiger partial charge in [0.05, 0.1) is 16.9 Å². The fraction of sp³-hybridized carbons (Fsp3) is 0.107. The minimum atomic E-state index is -0.253. The first-order chi connectivity index (χ1) is 28.8. The number of para-hydroxylation sites is 4. The third kappa shape index (κ3) is 4.64. The number of rotatable bonds is 6. The summed E-state index contributed by atoms with van der Waals surface area (Å²) in [6, 6.07) is 69.0. The van der Waals surface area contributed by atoms with E-state index in [1.807, 2.05) is 0 Å². The first kappa shape index (κ1) is 34.0. The van der Waals surface area contributed by atoms with E-state index in [2.05, 4.69) is 230 Å². The van der Waals surface area contributed by atoms with Crippen LogP contribution in [0.5, 0.6) is 0 Å². The van der Waals surface area contributed by atoms with Crippen LogP contribution in [0.15, 0.2) is 188 Å². The SMILES string of the molecule is CC1(C)c2ccccc2-c2c1c1c(N(c3ccccc3)c3ccccc3)ccc3c4c(n2c31)C(C)(C)c1cc2ccc(N(c3ccccc3)c3ccccc3)cc2cc1-4. The van der Waals surface area contributed by atoms with Gasteiger partial charge in [-0.15, -0.1) is 0 Å². The molecule has 0 bridgehead atoms. The maximum atomic E-state index is 2.70. The van der Waals surface area contributed by atoms with E-state index in [1.54, 1.807) is 0 Å². The van der Waals surface area contributed by atoms with Crippen LogP contribution >= 0.6 is 0 Å². The van der Waals surface area contributed by atoms with E-state index < -0.39 is 0 Å². The normalized spacial score (nSPS) is 14.4. The summed E-state index contributed by atoms with van der Waals surface area (Å²) in [5.41, 5.74) is 18.7. The van der Waals surface area contributed by atoms with Crippen molar-refractivity contribution >= 4 is 61.2 Å². The molecule has 0 N–H and O–H groups in total. The molecule has 12 rings (SSSR count). The Morgan fingerprint density at radius 3 is 1.59 bits per heavy atom. The zero-order valence-electron chi connectivity index (χ0n) is 33.7. The van der Waals surface area contributed by atoms with E-state index in [-0.39, 0.29) is 10.8 Å². The molecule has 2 aliphatic carbocycles. The van der Waals surface area contributed by atoms with Crippen molar-refractivity contribution in [1.82, 2.24) is 4.40 Å². The van der Waals surface area contributed by atoms with E-state index in [0.29, 0.717) is 0 Å². The number of nitrogens with zero attached hydrogens (tertiary/aromatic N) is 3. The van der Waals surface area contributed by atoms with Gasteiger partial charge in [-0.1, -0.05) is 137 Å². The van der Waals surface area contributed by atoms with Crippen LogP contribution in [0.1, 0.15) is 50.1 Å². The van der Waals surface area contributed by atoms with Gasteiger partial charge >= 0.3 is 0 Å². The summed E-state index contributed by atoms with van der Waals surface area (Å²) in [4.78, 5) is 4.82. The van der Waals surface area contributed by atoms with Crippen LogP contribution in [0.4, 0.5) is 34.1 Å². The van der Waals surface area contributed by atoms with Crippen LogP contribution in [0.2, 0.25) is 0 Å². The van der Waals surface area contributed by atoms with E-state index >= 15 is 0 Å². The van der Waals surface area contributed by atoms with E-state index in [9.17, 15) is 0 Å². The highest BCUT2D eigenvalue weighted by atomic mass is 15.2. The molecule has 0 saturated carbocycles. The second kappa shape index (κ2) is 12.2. The molecule has 0 saturated heterocycles. The molecule has 0 unspecified atom stereocenters. The smallest absolute Gasteiger partial charge is 0.0636 e. The zero-order chi connectivity index (χ0) is 39.6. The second-order valence-corrected chi connectivity index (χ2v) is 17.4. The van der Waals surface area contributed by atoms with Gasteiger partial charge in [-0.2, -0.15) is 0 Å². The predicted octanol–water partition coefficient (Wildman–Crippen LogP) is 15.2. The average Bonchev–Trinajstić information content (AvgIpc) is 3.94. The molecule has 0 aliphatic heterocycles. The Balaban J connectivity index is 1.15. The van der Waals surface area contributed by atoms with Crippen LogP contribution in [-0.2, 0) is 10.8 Å². The molecule has 0 radical (unpaired) electrons. The Morgan fingerprint density at radius 2 is 0.983 bits per heavy atom.